The van der Waals surface area contributed by atoms with Crippen molar-refractivity contribution < 1.29 is 22.4 Å². The maximum atomic E-state index is 12.5. The lowest BCUT2D eigenvalue weighted by Crippen LogP contribution is -2.41. The summed E-state index contributed by atoms with van der Waals surface area (Å²) >= 11 is 0. The number of amides is 1. The number of carbonyl (C=O) groups is 1. The maximum Gasteiger partial charge on any atom is 0.238 e. The third-order valence-electron chi connectivity index (χ3n) is 4.36. The van der Waals surface area contributed by atoms with E-state index in [9.17, 15) is 13.2 Å². The molecule has 1 aliphatic rings. The van der Waals surface area contributed by atoms with Gasteiger partial charge in [0.1, 0.15) is 11.5 Å². The molecule has 1 aromatic heterocycles. The largest absolute Gasteiger partial charge is 0.497 e. The molecule has 7 nitrogen and oxygen atoms in total. The molecule has 2 heterocycles. The van der Waals surface area contributed by atoms with Gasteiger partial charge in [-0.05, 0) is 30.7 Å². The summed E-state index contributed by atoms with van der Waals surface area (Å²) < 4.78 is 34.2. The zero-order valence-electron chi connectivity index (χ0n) is 14.6. The number of furan rings is 1. The van der Waals surface area contributed by atoms with Gasteiger partial charge in [-0.3, -0.25) is 9.69 Å². The summed E-state index contributed by atoms with van der Waals surface area (Å²) in [6.07, 6.45) is 2.09. The van der Waals surface area contributed by atoms with Crippen LogP contribution in [0.3, 0.4) is 0 Å². The summed E-state index contributed by atoms with van der Waals surface area (Å²) in [5.74, 6) is 1.36. The van der Waals surface area contributed by atoms with Gasteiger partial charge in [-0.25, -0.2) is 8.42 Å². The van der Waals surface area contributed by atoms with Gasteiger partial charge in [0.2, 0.25) is 5.91 Å². The lowest BCUT2D eigenvalue weighted by Gasteiger charge is -2.26. The highest BCUT2D eigenvalue weighted by molar-refractivity contribution is 7.91. The molecule has 1 aromatic carbocycles. The summed E-state index contributed by atoms with van der Waals surface area (Å²) in [7, 11) is -1.48. The van der Waals surface area contributed by atoms with Gasteiger partial charge in [-0.2, -0.15) is 0 Å². The molecule has 1 amide bonds. The standard InChI is InChI=1S/C18H22N2O5S/c1-24-16-5-2-4-14(10-16)19-18(21)12-20(11-17-6-3-8-25-17)15-7-9-26(22,23)13-15/h2-6,8,10,15H,7,9,11-13H2,1H3,(H,19,21)/t15-/m1/s1. The molecule has 1 saturated heterocycles. The molecule has 1 fully saturated rings. The van der Waals surface area contributed by atoms with Crippen LogP contribution in [0.1, 0.15) is 12.2 Å². The van der Waals surface area contributed by atoms with Gasteiger partial charge in [0.15, 0.2) is 9.84 Å². The number of nitrogens with one attached hydrogen (secondary N) is 1. The lowest BCUT2D eigenvalue weighted by atomic mass is 10.2. The number of ether oxygens (including phenoxy) is 1. The minimum atomic E-state index is -3.04. The van der Waals surface area contributed by atoms with Crippen molar-refractivity contribution in [1.82, 2.24) is 4.90 Å². The third-order valence-corrected chi connectivity index (χ3v) is 6.11. The highest BCUT2D eigenvalue weighted by Gasteiger charge is 2.33. The fourth-order valence-corrected chi connectivity index (χ4v) is 4.83. The molecule has 2 aromatic rings. The fraction of sp³-hybridized carbons (Fsp3) is 0.389. The number of benzene rings is 1. The Kier molecular flexibility index (Phi) is 5.63. The zero-order chi connectivity index (χ0) is 18.6. The Hall–Kier alpha value is -2.32. The predicted octanol–water partition coefficient (Wildman–Crippen LogP) is 1.92. The van der Waals surface area contributed by atoms with E-state index in [0.717, 1.165) is 0 Å². The second-order valence-corrected chi connectivity index (χ2v) is 8.55. The molecule has 0 saturated carbocycles. The van der Waals surface area contributed by atoms with Crippen LogP contribution < -0.4 is 10.1 Å². The van der Waals surface area contributed by atoms with E-state index in [1.807, 2.05) is 11.0 Å². The first kappa shape index (κ1) is 18.5. The molecule has 1 atom stereocenters. The number of carbonyl (C=O) groups excluding carboxylic acids is 1. The molecule has 0 bridgehead atoms. The highest BCUT2D eigenvalue weighted by Crippen LogP contribution is 2.21. The van der Waals surface area contributed by atoms with Crippen LogP contribution in [-0.4, -0.2) is 50.4 Å². The summed E-state index contributed by atoms with van der Waals surface area (Å²) in [5, 5.41) is 2.83. The Balaban J connectivity index is 1.69. The Labute approximate surface area is 152 Å². The van der Waals surface area contributed by atoms with Gasteiger partial charge < -0.3 is 14.5 Å². The topological polar surface area (TPSA) is 88.8 Å². The summed E-state index contributed by atoms with van der Waals surface area (Å²) in [4.78, 5) is 14.4. The summed E-state index contributed by atoms with van der Waals surface area (Å²) in [5.41, 5.74) is 0.631. The van der Waals surface area contributed by atoms with Gasteiger partial charge in [0.05, 0.1) is 38.0 Å². The van der Waals surface area contributed by atoms with Gasteiger partial charge >= 0.3 is 0 Å². The van der Waals surface area contributed by atoms with Crippen molar-refractivity contribution in [3.8, 4) is 5.75 Å². The van der Waals surface area contributed by atoms with Crippen LogP contribution in [0.4, 0.5) is 5.69 Å². The fourth-order valence-electron chi connectivity index (χ4n) is 3.07. The van der Waals surface area contributed by atoms with Crippen molar-refractivity contribution in [2.75, 3.05) is 30.5 Å². The third kappa shape index (κ3) is 4.86. The van der Waals surface area contributed by atoms with E-state index in [4.69, 9.17) is 9.15 Å². The van der Waals surface area contributed by atoms with E-state index in [0.29, 0.717) is 30.2 Å². The number of sulfone groups is 1. The number of nitrogens with zero attached hydrogens (tertiary/aromatic N) is 1. The number of rotatable bonds is 7. The van der Waals surface area contributed by atoms with Crippen LogP contribution >= 0.6 is 0 Å². The van der Waals surface area contributed by atoms with E-state index < -0.39 is 9.84 Å². The van der Waals surface area contributed by atoms with Crippen molar-refractivity contribution in [1.29, 1.82) is 0 Å². The summed E-state index contributed by atoms with van der Waals surface area (Å²) in [6.45, 7) is 0.469. The predicted molar refractivity (Wildman–Crippen MR) is 97.8 cm³/mol. The van der Waals surface area contributed by atoms with Gasteiger partial charge in [-0.1, -0.05) is 6.07 Å². The van der Waals surface area contributed by atoms with Crippen molar-refractivity contribution in [3.63, 3.8) is 0 Å². The number of hydrogen-bond acceptors (Lipinski definition) is 6. The quantitative estimate of drug-likeness (QED) is 0.792. The average Bonchev–Trinajstić information content (AvgIpc) is 3.23. The molecule has 1 aliphatic heterocycles. The smallest absolute Gasteiger partial charge is 0.238 e. The highest BCUT2D eigenvalue weighted by atomic mass is 32.2. The first-order valence-electron chi connectivity index (χ1n) is 8.36. The Morgan fingerprint density at radius 1 is 1.35 bits per heavy atom. The van der Waals surface area contributed by atoms with Crippen LogP contribution in [0.25, 0.3) is 0 Å². The van der Waals surface area contributed by atoms with Crippen LogP contribution in [-0.2, 0) is 21.2 Å². The molecule has 1 N–H and O–H groups in total. The first-order valence-corrected chi connectivity index (χ1v) is 10.2. The second kappa shape index (κ2) is 7.92. The minimum absolute atomic E-state index is 0.0696. The summed E-state index contributed by atoms with van der Waals surface area (Å²) in [6, 6.07) is 10.5. The van der Waals surface area contributed by atoms with E-state index in [1.54, 1.807) is 43.7 Å². The normalized spacial score (nSPS) is 18.8. The molecule has 8 heteroatoms. The van der Waals surface area contributed by atoms with Gasteiger partial charge in [0.25, 0.3) is 0 Å². The number of anilines is 1. The van der Waals surface area contributed by atoms with E-state index >= 15 is 0 Å². The van der Waals surface area contributed by atoms with Gasteiger partial charge in [-0.15, -0.1) is 0 Å². The van der Waals surface area contributed by atoms with Crippen molar-refractivity contribution in [3.05, 3.63) is 48.4 Å². The van der Waals surface area contributed by atoms with Crippen LogP contribution in [0.2, 0.25) is 0 Å². The molecule has 3 rings (SSSR count). The van der Waals surface area contributed by atoms with Crippen molar-refractivity contribution in [2.24, 2.45) is 0 Å². The average molecular weight is 378 g/mol. The Morgan fingerprint density at radius 2 is 2.19 bits per heavy atom. The molecular weight excluding hydrogens is 356 g/mol. The van der Waals surface area contributed by atoms with Crippen molar-refractivity contribution >= 4 is 21.4 Å². The van der Waals surface area contributed by atoms with E-state index in [-0.39, 0.29) is 30.0 Å². The van der Waals surface area contributed by atoms with Gasteiger partial charge in [0, 0.05) is 17.8 Å². The van der Waals surface area contributed by atoms with E-state index in [1.165, 1.54) is 0 Å². The zero-order valence-corrected chi connectivity index (χ0v) is 15.4. The monoisotopic (exact) mass is 378 g/mol. The number of methoxy groups -OCH3 is 1. The SMILES string of the molecule is COc1cccc(NC(=O)CN(Cc2ccco2)[C@@H]2CCS(=O)(=O)C2)c1. The van der Waals surface area contributed by atoms with Crippen LogP contribution in [0, 0.1) is 0 Å². The molecular formula is C18H22N2O5S. The lowest BCUT2D eigenvalue weighted by molar-refractivity contribution is -0.118. The molecule has 0 aliphatic carbocycles. The number of hydrogen-bond donors (Lipinski definition) is 1. The second-order valence-electron chi connectivity index (χ2n) is 6.32. The van der Waals surface area contributed by atoms with Crippen LogP contribution in [0.15, 0.2) is 47.1 Å². The maximum absolute atomic E-state index is 12.5. The molecule has 140 valence electrons. The van der Waals surface area contributed by atoms with Crippen molar-refractivity contribution in [2.45, 2.75) is 19.0 Å². The molecule has 0 spiro atoms. The van der Waals surface area contributed by atoms with E-state index in [2.05, 4.69) is 5.32 Å². The molecule has 26 heavy (non-hydrogen) atoms. The minimum Gasteiger partial charge on any atom is -0.497 e. The first-order chi connectivity index (χ1) is 12.4. The van der Waals surface area contributed by atoms with Crippen LogP contribution in [0.5, 0.6) is 5.75 Å². The Morgan fingerprint density at radius 3 is 2.85 bits per heavy atom. The molecule has 0 radical (unpaired) electrons. The molecule has 0 unspecified atom stereocenters. The Bertz CT molecular complexity index is 848.